The minimum atomic E-state index is -4.39. The summed E-state index contributed by atoms with van der Waals surface area (Å²) in [5.41, 5.74) is 0. The van der Waals surface area contributed by atoms with Gasteiger partial charge in [0, 0.05) is 12.8 Å². The van der Waals surface area contributed by atoms with Crippen LogP contribution in [0.1, 0.15) is 245 Å². The summed E-state index contributed by atoms with van der Waals surface area (Å²) < 4.78 is 34.6. The van der Waals surface area contributed by atoms with E-state index in [0.29, 0.717) is 17.4 Å². The maximum Gasteiger partial charge on any atom is 0.472 e. The molecule has 0 aromatic rings. The molecule has 1 N–H and O–H groups in total. The van der Waals surface area contributed by atoms with E-state index >= 15 is 0 Å². The van der Waals surface area contributed by atoms with Gasteiger partial charge in [-0.2, -0.15) is 0 Å². The van der Waals surface area contributed by atoms with Crippen molar-refractivity contribution < 1.29 is 42.1 Å². The van der Waals surface area contributed by atoms with Crippen LogP contribution in [-0.4, -0.2) is 74.9 Å². The third kappa shape index (κ3) is 56.5. The first kappa shape index (κ1) is 69.2. The quantitative estimate of drug-likeness (QED) is 0.0211. The molecule has 0 aliphatic heterocycles. The molecule has 2 unspecified atom stereocenters. The van der Waals surface area contributed by atoms with Gasteiger partial charge in [-0.15, -0.1) is 0 Å². The number of allylic oxidation sites excluding steroid dienone is 14. The number of likely N-dealkylation sites (N-methyl/N-ethyl adjacent to an activating group) is 1. The number of esters is 2. The Hall–Kier alpha value is -2.81. The van der Waals surface area contributed by atoms with E-state index < -0.39 is 26.5 Å². The molecule has 0 aromatic heterocycles. The Morgan fingerprint density at radius 1 is 0.444 bits per heavy atom. The van der Waals surface area contributed by atoms with E-state index in [1.54, 1.807) is 0 Å². The molecule has 2 atom stereocenters. The Morgan fingerprint density at radius 3 is 1.19 bits per heavy atom. The summed E-state index contributed by atoms with van der Waals surface area (Å²) in [4.78, 5) is 35.7. The monoisotopic (exact) mass is 1030 g/mol. The van der Waals surface area contributed by atoms with E-state index in [4.69, 9.17) is 18.5 Å². The first-order valence-electron chi connectivity index (χ1n) is 29.3. The lowest BCUT2D eigenvalue weighted by Crippen LogP contribution is -2.37. The van der Waals surface area contributed by atoms with Crippen LogP contribution in [0.25, 0.3) is 0 Å². The number of ether oxygens (including phenoxy) is 2. The average molecular weight is 1030 g/mol. The summed E-state index contributed by atoms with van der Waals surface area (Å²) in [5.74, 6) is -0.803. The molecule has 0 saturated heterocycles. The largest absolute Gasteiger partial charge is 0.472 e. The molecule has 72 heavy (non-hydrogen) atoms. The van der Waals surface area contributed by atoms with Gasteiger partial charge < -0.3 is 18.9 Å². The molecule has 0 bridgehead atoms. The molecule has 0 heterocycles. The Balaban J connectivity index is 4.18. The van der Waals surface area contributed by atoms with Crippen LogP contribution in [0.15, 0.2) is 85.1 Å². The lowest BCUT2D eigenvalue weighted by Gasteiger charge is -2.24. The second kappa shape index (κ2) is 53.0. The second-order valence-corrected chi connectivity index (χ2v) is 22.1. The van der Waals surface area contributed by atoms with E-state index in [1.807, 2.05) is 21.1 Å². The summed E-state index contributed by atoms with van der Waals surface area (Å²) >= 11 is 0. The Kier molecular flexibility index (Phi) is 51.0. The van der Waals surface area contributed by atoms with Crippen molar-refractivity contribution >= 4 is 19.8 Å². The highest BCUT2D eigenvalue weighted by Crippen LogP contribution is 2.43. The standard InChI is InChI=1S/C62H110NO8P/c1-6-8-10-12-14-16-18-20-22-24-26-27-28-29-30-31-32-33-34-35-37-39-41-43-45-47-49-51-53-55-62(65)71-60(59-70-72(66,67)69-57-56-63(3,4)5)58-68-61(64)54-52-50-48-46-44-42-40-38-36-25-23-21-19-17-15-13-11-9-7-2/h8,10,14,16,20-23,26-27,29-30,32-33,60H,6-7,9,11-13,15,17-19,24-25,28,31,34-59H2,1-5H3/p+1/b10-8-,16-14-,22-20-,23-21-,27-26-,30-29-,33-32-. The molecule has 416 valence electrons. The van der Waals surface area contributed by atoms with Gasteiger partial charge >= 0.3 is 19.8 Å². The van der Waals surface area contributed by atoms with E-state index in [2.05, 4.69) is 98.9 Å². The van der Waals surface area contributed by atoms with Gasteiger partial charge in [0.05, 0.1) is 27.7 Å². The zero-order chi connectivity index (χ0) is 52.7. The third-order valence-corrected chi connectivity index (χ3v) is 13.4. The highest BCUT2D eigenvalue weighted by Gasteiger charge is 2.27. The number of nitrogens with zero attached hydrogens (tertiary/aromatic N) is 1. The maximum absolute atomic E-state index is 12.8. The Labute approximate surface area is 443 Å². The molecule has 0 radical (unpaired) electrons. The van der Waals surface area contributed by atoms with Gasteiger partial charge in [0.25, 0.3) is 0 Å². The van der Waals surface area contributed by atoms with Crippen LogP contribution >= 0.6 is 7.82 Å². The van der Waals surface area contributed by atoms with Gasteiger partial charge in [-0.1, -0.05) is 227 Å². The number of carbonyl (C=O) groups excluding carboxylic acids is 2. The van der Waals surface area contributed by atoms with Crippen molar-refractivity contribution in [3.05, 3.63) is 85.1 Å². The lowest BCUT2D eigenvalue weighted by molar-refractivity contribution is -0.870. The van der Waals surface area contributed by atoms with Gasteiger partial charge in [-0.25, -0.2) is 4.57 Å². The summed E-state index contributed by atoms with van der Waals surface area (Å²) in [5, 5.41) is 0. The predicted octanol–water partition coefficient (Wildman–Crippen LogP) is 18.3. The number of carbonyl (C=O) groups is 2. The summed E-state index contributed by atoms with van der Waals surface area (Å²) in [6, 6.07) is 0. The highest BCUT2D eigenvalue weighted by atomic mass is 31.2. The fourth-order valence-electron chi connectivity index (χ4n) is 7.90. The number of unbranched alkanes of at least 4 members (excludes halogenated alkanes) is 25. The molecule has 10 heteroatoms. The van der Waals surface area contributed by atoms with Gasteiger partial charge in [0.15, 0.2) is 6.10 Å². The fraction of sp³-hybridized carbons (Fsp3) is 0.742. The van der Waals surface area contributed by atoms with Crippen molar-refractivity contribution in [2.75, 3.05) is 47.5 Å². The van der Waals surface area contributed by atoms with Gasteiger partial charge in [0.2, 0.25) is 0 Å². The van der Waals surface area contributed by atoms with Crippen molar-refractivity contribution in [2.45, 2.75) is 251 Å². The van der Waals surface area contributed by atoms with Crippen molar-refractivity contribution in [2.24, 2.45) is 0 Å². The van der Waals surface area contributed by atoms with E-state index in [0.717, 1.165) is 83.5 Å². The summed E-state index contributed by atoms with van der Waals surface area (Å²) in [6.07, 6.45) is 70.7. The number of rotatable bonds is 53. The first-order valence-corrected chi connectivity index (χ1v) is 30.8. The van der Waals surface area contributed by atoms with Crippen molar-refractivity contribution in [1.82, 2.24) is 0 Å². The summed E-state index contributed by atoms with van der Waals surface area (Å²) in [6.45, 7) is 4.32. The van der Waals surface area contributed by atoms with Crippen molar-refractivity contribution in [3.63, 3.8) is 0 Å². The molecule has 0 rings (SSSR count). The number of quaternary nitrogens is 1. The minimum Gasteiger partial charge on any atom is -0.462 e. The van der Waals surface area contributed by atoms with Crippen LogP contribution < -0.4 is 0 Å². The molecule has 0 saturated carbocycles. The van der Waals surface area contributed by atoms with Gasteiger partial charge in [0.1, 0.15) is 19.8 Å². The molecule has 0 fully saturated rings. The number of phosphoric ester groups is 1. The van der Waals surface area contributed by atoms with Crippen LogP contribution in [0.5, 0.6) is 0 Å². The van der Waals surface area contributed by atoms with Crippen LogP contribution in [0.3, 0.4) is 0 Å². The molecular formula is C62H111NO8P+. The predicted molar refractivity (Wildman–Crippen MR) is 307 cm³/mol. The normalized spacial score (nSPS) is 13.9. The number of hydrogen-bond acceptors (Lipinski definition) is 7. The van der Waals surface area contributed by atoms with Gasteiger partial charge in [-0.3, -0.25) is 18.6 Å². The average Bonchev–Trinajstić information content (AvgIpc) is 3.34. The Morgan fingerprint density at radius 2 is 0.792 bits per heavy atom. The van der Waals surface area contributed by atoms with Crippen LogP contribution in [0, 0.1) is 0 Å². The maximum atomic E-state index is 12.8. The molecular weight excluding hydrogens is 918 g/mol. The van der Waals surface area contributed by atoms with Gasteiger partial charge in [-0.05, 0) is 89.9 Å². The van der Waals surface area contributed by atoms with Crippen LogP contribution in [0.2, 0.25) is 0 Å². The number of hydrogen-bond donors (Lipinski definition) is 1. The second-order valence-electron chi connectivity index (χ2n) is 20.6. The first-order chi connectivity index (χ1) is 35.0. The van der Waals surface area contributed by atoms with Crippen LogP contribution in [0.4, 0.5) is 0 Å². The molecule has 0 amide bonds. The molecule has 0 aromatic carbocycles. The minimum absolute atomic E-state index is 0.0275. The molecule has 0 spiro atoms. The van der Waals surface area contributed by atoms with Crippen molar-refractivity contribution in [3.8, 4) is 0 Å². The van der Waals surface area contributed by atoms with E-state index in [-0.39, 0.29) is 32.0 Å². The topological polar surface area (TPSA) is 108 Å². The Bertz CT molecular complexity index is 1490. The highest BCUT2D eigenvalue weighted by molar-refractivity contribution is 7.47. The zero-order valence-electron chi connectivity index (χ0n) is 47.1. The molecule has 9 nitrogen and oxygen atoms in total. The van der Waals surface area contributed by atoms with E-state index in [9.17, 15) is 19.0 Å². The SMILES string of the molecule is CC/C=C\C/C=C\C/C=C\C/C=C\C/C=C\C/C=C\CCCCCCCCCCCCC(=O)OC(COC(=O)CCCCCCCCCCC/C=C\CCCCCCCC)COP(=O)(O)OCC[N+](C)(C)C. The zero-order valence-corrected chi connectivity index (χ0v) is 48.0. The fourth-order valence-corrected chi connectivity index (χ4v) is 8.64. The molecule has 0 aliphatic carbocycles. The van der Waals surface area contributed by atoms with E-state index in [1.165, 1.54) is 128 Å². The summed E-state index contributed by atoms with van der Waals surface area (Å²) in [7, 11) is 1.47. The molecule has 0 aliphatic rings. The third-order valence-electron chi connectivity index (χ3n) is 12.4. The van der Waals surface area contributed by atoms with Crippen LogP contribution in [-0.2, 0) is 32.7 Å². The van der Waals surface area contributed by atoms with Crippen molar-refractivity contribution in [1.29, 1.82) is 0 Å². The number of phosphoric acid groups is 1. The lowest BCUT2D eigenvalue weighted by atomic mass is 10.0. The smallest absolute Gasteiger partial charge is 0.462 e.